The number of hydrogen-bond acceptors (Lipinski definition) is 4. The summed E-state index contributed by atoms with van der Waals surface area (Å²) in [6.45, 7) is 2.62. The minimum atomic E-state index is -1.59. The highest BCUT2D eigenvalue weighted by atomic mass is 16.4. The van der Waals surface area contributed by atoms with Crippen molar-refractivity contribution in [2.24, 2.45) is 5.73 Å². The van der Waals surface area contributed by atoms with E-state index in [-0.39, 0.29) is 6.54 Å². The van der Waals surface area contributed by atoms with Crippen LogP contribution in [0.5, 0.6) is 0 Å². The molecule has 0 aromatic rings. The Balaban J connectivity index is 3.91. The number of carboxylic acid groups (broad SMARTS) is 1. The van der Waals surface area contributed by atoms with Crippen molar-refractivity contribution < 1.29 is 19.8 Å². The number of carboxylic acids is 1. The van der Waals surface area contributed by atoms with Gasteiger partial charge in [-0.1, -0.05) is 0 Å². The number of aliphatic hydroxyl groups excluding tert-OH is 1. The van der Waals surface area contributed by atoms with E-state index in [9.17, 15) is 9.59 Å². The summed E-state index contributed by atoms with van der Waals surface area (Å²) in [7, 11) is 0. The SMILES string of the molecule is CC(C)(N)C(=O)NCC(O)C(=O)O. The molecule has 13 heavy (non-hydrogen) atoms. The molecule has 0 radical (unpaired) electrons. The summed E-state index contributed by atoms with van der Waals surface area (Å²) < 4.78 is 0. The van der Waals surface area contributed by atoms with E-state index < -0.39 is 23.5 Å². The number of carbonyl (C=O) groups is 2. The first kappa shape index (κ1) is 11.9. The van der Waals surface area contributed by atoms with Gasteiger partial charge in [-0.25, -0.2) is 4.79 Å². The van der Waals surface area contributed by atoms with Crippen LogP contribution in [0.3, 0.4) is 0 Å². The number of hydrogen-bond donors (Lipinski definition) is 4. The zero-order valence-electron chi connectivity index (χ0n) is 7.57. The van der Waals surface area contributed by atoms with Crippen molar-refractivity contribution in [1.82, 2.24) is 5.32 Å². The predicted octanol–water partition coefficient (Wildman–Crippen LogP) is -1.71. The molecule has 0 rings (SSSR count). The maximum atomic E-state index is 11.1. The molecule has 0 fully saturated rings. The van der Waals surface area contributed by atoms with Gasteiger partial charge in [0.25, 0.3) is 0 Å². The highest BCUT2D eigenvalue weighted by Crippen LogP contribution is 1.95. The molecule has 1 unspecified atom stereocenters. The summed E-state index contributed by atoms with van der Waals surface area (Å²) in [5, 5.41) is 19.3. The molecule has 1 atom stereocenters. The first-order valence-corrected chi connectivity index (χ1v) is 3.73. The average Bonchev–Trinajstić information content (AvgIpc) is 1.97. The molecule has 0 saturated carbocycles. The van der Waals surface area contributed by atoms with E-state index in [1.807, 2.05) is 0 Å². The van der Waals surface area contributed by atoms with Gasteiger partial charge in [0, 0.05) is 0 Å². The van der Waals surface area contributed by atoms with Gasteiger partial charge in [0.2, 0.25) is 5.91 Å². The Morgan fingerprint density at radius 3 is 2.31 bits per heavy atom. The van der Waals surface area contributed by atoms with E-state index in [0.717, 1.165) is 0 Å². The van der Waals surface area contributed by atoms with Gasteiger partial charge in [-0.2, -0.15) is 0 Å². The maximum Gasteiger partial charge on any atom is 0.334 e. The molecule has 0 aliphatic carbocycles. The van der Waals surface area contributed by atoms with Gasteiger partial charge in [-0.15, -0.1) is 0 Å². The van der Waals surface area contributed by atoms with E-state index in [0.29, 0.717) is 0 Å². The topological polar surface area (TPSA) is 113 Å². The molecule has 0 aromatic heterocycles. The zero-order valence-corrected chi connectivity index (χ0v) is 7.57. The highest BCUT2D eigenvalue weighted by Gasteiger charge is 2.23. The quantitative estimate of drug-likeness (QED) is 0.421. The molecule has 0 aliphatic rings. The van der Waals surface area contributed by atoms with Crippen molar-refractivity contribution >= 4 is 11.9 Å². The molecule has 6 nitrogen and oxygen atoms in total. The largest absolute Gasteiger partial charge is 0.479 e. The van der Waals surface area contributed by atoms with Crippen LogP contribution in [0.4, 0.5) is 0 Å². The van der Waals surface area contributed by atoms with Crippen LogP contribution in [-0.4, -0.2) is 40.3 Å². The van der Waals surface area contributed by atoms with Crippen LogP contribution in [0.15, 0.2) is 0 Å². The van der Waals surface area contributed by atoms with Gasteiger partial charge in [0.15, 0.2) is 6.10 Å². The fraction of sp³-hybridized carbons (Fsp3) is 0.714. The van der Waals surface area contributed by atoms with Crippen LogP contribution in [0.25, 0.3) is 0 Å². The fourth-order valence-corrected chi connectivity index (χ4v) is 0.504. The third-order valence-electron chi connectivity index (χ3n) is 1.33. The summed E-state index contributed by atoms with van der Waals surface area (Å²) in [4.78, 5) is 21.2. The molecule has 0 spiro atoms. The second-order valence-electron chi connectivity index (χ2n) is 3.29. The molecule has 5 N–H and O–H groups in total. The summed E-state index contributed by atoms with van der Waals surface area (Å²) in [5.74, 6) is -1.89. The second kappa shape index (κ2) is 4.20. The van der Waals surface area contributed by atoms with Crippen molar-refractivity contribution in [3.05, 3.63) is 0 Å². The molecule has 0 aromatic carbocycles. The monoisotopic (exact) mass is 190 g/mol. The third-order valence-corrected chi connectivity index (χ3v) is 1.33. The van der Waals surface area contributed by atoms with Crippen LogP contribution in [0, 0.1) is 0 Å². The van der Waals surface area contributed by atoms with E-state index in [2.05, 4.69) is 5.32 Å². The van der Waals surface area contributed by atoms with Crippen molar-refractivity contribution in [2.45, 2.75) is 25.5 Å². The fourth-order valence-electron chi connectivity index (χ4n) is 0.504. The first-order valence-electron chi connectivity index (χ1n) is 3.73. The van der Waals surface area contributed by atoms with Gasteiger partial charge in [0.05, 0.1) is 12.1 Å². The normalized spacial score (nSPS) is 13.5. The molecule has 0 bridgehead atoms. The summed E-state index contributed by atoms with van der Waals surface area (Å²) in [5.41, 5.74) is 4.33. The first-order chi connectivity index (χ1) is 5.75. The summed E-state index contributed by atoms with van der Waals surface area (Å²) in [6.07, 6.45) is -1.59. The third kappa shape index (κ3) is 4.44. The van der Waals surface area contributed by atoms with Gasteiger partial charge < -0.3 is 21.3 Å². The molecule has 6 heteroatoms. The van der Waals surface area contributed by atoms with Gasteiger partial charge >= 0.3 is 5.97 Å². The summed E-state index contributed by atoms with van der Waals surface area (Å²) >= 11 is 0. The molecule has 0 heterocycles. The van der Waals surface area contributed by atoms with Crippen molar-refractivity contribution in [3.8, 4) is 0 Å². The van der Waals surface area contributed by atoms with Crippen LogP contribution in [0.1, 0.15) is 13.8 Å². The van der Waals surface area contributed by atoms with E-state index >= 15 is 0 Å². The number of carbonyl (C=O) groups excluding carboxylic acids is 1. The minimum Gasteiger partial charge on any atom is -0.479 e. The van der Waals surface area contributed by atoms with Crippen LogP contribution >= 0.6 is 0 Å². The standard InChI is InChI=1S/C7H14N2O4/c1-7(2,8)6(13)9-3-4(10)5(11)12/h4,10H,3,8H2,1-2H3,(H,9,13)(H,11,12). The second-order valence-corrected chi connectivity index (χ2v) is 3.29. The Hall–Kier alpha value is -1.14. The minimum absolute atomic E-state index is 0.338. The lowest BCUT2D eigenvalue weighted by Crippen LogP contribution is -2.51. The predicted molar refractivity (Wildman–Crippen MR) is 44.9 cm³/mol. The Morgan fingerprint density at radius 2 is 2.00 bits per heavy atom. The van der Waals surface area contributed by atoms with Crippen LogP contribution in [-0.2, 0) is 9.59 Å². The van der Waals surface area contributed by atoms with E-state index in [1.54, 1.807) is 0 Å². The number of amides is 1. The Labute approximate surface area is 75.7 Å². The molecule has 0 saturated heterocycles. The number of nitrogens with two attached hydrogens (primary N) is 1. The number of aliphatic hydroxyl groups is 1. The van der Waals surface area contributed by atoms with Crippen LogP contribution in [0.2, 0.25) is 0 Å². The molecular weight excluding hydrogens is 176 g/mol. The zero-order chi connectivity index (χ0) is 10.6. The van der Waals surface area contributed by atoms with Crippen molar-refractivity contribution in [1.29, 1.82) is 0 Å². The Kier molecular flexibility index (Phi) is 3.83. The lowest BCUT2D eigenvalue weighted by atomic mass is 10.1. The van der Waals surface area contributed by atoms with Crippen molar-refractivity contribution in [2.75, 3.05) is 6.54 Å². The molecular formula is C7H14N2O4. The average molecular weight is 190 g/mol. The van der Waals surface area contributed by atoms with Gasteiger partial charge in [-0.3, -0.25) is 4.79 Å². The van der Waals surface area contributed by atoms with E-state index in [1.165, 1.54) is 13.8 Å². The smallest absolute Gasteiger partial charge is 0.334 e. The number of rotatable bonds is 4. The van der Waals surface area contributed by atoms with Crippen molar-refractivity contribution in [3.63, 3.8) is 0 Å². The maximum absolute atomic E-state index is 11.1. The lowest BCUT2D eigenvalue weighted by molar-refractivity contribution is -0.146. The Morgan fingerprint density at radius 1 is 1.54 bits per heavy atom. The highest BCUT2D eigenvalue weighted by molar-refractivity contribution is 5.85. The number of aliphatic carboxylic acids is 1. The molecule has 76 valence electrons. The van der Waals surface area contributed by atoms with Gasteiger partial charge in [-0.05, 0) is 13.8 Å². The van der Waals surface area contributed by atoms with E-state index in [4.69, 9.17) is 15.9 Å². The van der Waals surface area contributed by atoms with Gasteiger partial charge in [0.1, 0.15) is 0 Å². The van der Waals surface area contributed by atoms with Crippen LogP contribution < -0.4 is 11.1 Å². The summed E-state index contributed by atoms with van der Waals surface area (Å²) in [6, 6.07) is 0. The molecule has 1 amide bonds. The number of nitrogens with one attached hydrogen (secondary N) is 1. The Bertz CT molecular complexity index is 209. The molecule has 0 aliphatic heterocycles. The lowest BCUT2D eigenvalue weighted by Gasteiger charge is -2.18.